The number of pyridine rings is 1. The lowest BCUT2D eigenvalue weighted by Crippen LogP contribution is -2.27. The lowest BCUT2D eigenvalue weighted by atomic mass is 10.2. The fourth-order valence-corrected chi connectivity index (χ4v) is 3.31. The number of fused-ring (bicyclic) bond motifs is 1. The molecule has 1 unspecified atom stereocenters. The minimum absolute atomic E-state index is 0.967. The van der Waals surface area contributed by atoms with Crippen molar-refractivity contribution in [2.24, 2.45) is 17.8 Å². The van der Waals surface area contributed by atoms with E-state index in [4.69, 9.17) is 0 Å². The Morgan fingerprint density at radius 1 is 1.35 bits per heavy atom. The van der Waals surface area contributed by atoms with E-state index in [-0.39, 0.29) is 0 Å². The number of likely N-dealkylation sites (tertiary alicyclic amines) is 1. The number of rotatable bonds is 4. The van der Waals surface area contributed by atoms with Crippen molar-refractivity contribution < 1.29 is 0 Å². The van der Waals surface area contributed by atoms with Crippen LogP contribution in [0.2, 0.25) is 0 Å². The van der Waals surface area contributed by atoms with Gasteiger partial charge in [-0.05, 0) is 43.5 Å². The molecule has 1 aromatic heterocycles. The molecule has 2 aliphatic rings. The highest BCUT2D eigenvalue weighted by molar-refractivity contribution is 5.11. The molecule has 3 rings (SSSR count). The quantitative estimate of drug-likeness (QED) is 0.779. The minimum atomic E-state index is 0.967. The van der Waals surface area contributed by atoms with E-state index in [9.17, 15) is 0 Å². The summed E-state index contributed by atoms with van der Waals surface area (Å²) in [6.45, 7) is 4.93. The van der Waals surface area contributed by atoms with Gasteiger partial charge >= 0.3 is 0 Å². The zero-order chi connectivity index (χ0) is 11.8. The number of aromatic nitrogens is 1. The third-order valence-electron chi connectivity index (χ3n) is 4.15. The monoisotopic (exact) mass is 231 g/mol. The van der Waals surface area contributed by atoms with Crippen LogP contribution >= 0.6 is 0 Å². The van der Waals surface area contributed by atoms with Gasteiger partial charge in [-0.1, -0.05) is 6.07 Å². The van der Waals surface area contributed by atoms with E-state index in [1.807, 2.05) is 18.5 Å². The van der Waals surface area contributed by atoms with Gasteiger partial charge in [0.05, 0.1) is 0 Å². The van der Waals surface area contributed by atoms with E-state index < -0.39 is 0 Å². The molecule has 0 spiro atoms. The molecular weight excluding hydrogens is 210 g/mol. The Balaban J connectivity index is 1.49. The fourth-order valence-electron chi connectivity index (χ4n) is 3.31. The van der Waals surface area contributed by atoms with Crippen LogP contribution in [0.25, 0.3) is 0 Å². The number of hydrogen-bond donors (Lipinski definition) is 0. The van der Waals surface area contributed by atoms with E-state index in [0.717, 1.165) is 24.3 Å². The molecule has 3 heteroatoms. The maximum absolute atomic E-state index is 4.18. The zero-order valence-corrected chi connectivity index (χ0v) is 10.7. The third-order valence-corrected chi connectivity index (χ3v) is 4.15. The largest absolute Gasteiger partial charge is 0.309 e. The molecular formula is C14H21N3. The molecule has 3 atom stereocenters. The molecule has 1 saturated heterocycles. The van der Waals surface area contributed by atoms with Crippen LogP contribution in [0.4, 0.5) is 0 Å². The van der Waals surface area contributed by atoms with Gasteiger partial charge in [0.15, 0.2) is 0 Å². The zero-order valence-electron chi connectivity index (χ0n) is 10.7. The Hall–Kier alpha value is -0.930. The Labute approximate surface area is 103 Å². The molecule has 2 fully saturated rings. The molecule has 0 amide bonds. The third kappa shape index (κ3) is 2.35. The van der Waals surface area contributed by atoms with Crippen LogP contribution < -0.4 is 0 Å². The van der Waals surface area contributed by atoms with Gasteiger partial charge in [0.2, 0.25) is 0 Å². The Morgan fingerprint density at radius 2 is 2.12 bits per heavy atom. The maximum Gasteiger partial charge on any atom is 0.0312 e. The highest BCUT2D eigenvalue weighted by atomic mass is 15.2. The highest BCUT2D eigenvalue weighted by Gasteiger charge is 2.54. The first-order valence-corrected chi connectivity index (χ1v) is 6.50. The Kier molecular flexibility index (Phi) is 2.89. The first-order valence-electron chi connectivity index (χ1n) is 6.50. The van der Waals surface area contributed by atoms with Gasteiger partial charge in [-0.25, -0.2) is 0 Å². The molecule has 0 N–H and O–H groups in total. The summed E-state index contributed by atoms with van der Waals surface area (Å²) in [7, 11) is 4.36. The predicted molar refractivity (Wildman–Crippen MR) is 68.5 cm³/mol. The predicted octanol–water partition coefficient (Wildman–Crippen LogP) is 1.32. The van der Waals surface area contributed by atoms with Crippen LogP contribution in [0.15, 0.2) is 24.5 Å². The van der Waals surface area contributed by atoms with Crippen molar-refractivity contribution in [2.75, 3.05) is 33.7 Å². The van der Waals surface area contributed by atoms with Gasteiger partial charge in [-0.15, -0.1) is 0 Å². The molecule has 1 aromatic rings. The molecule has 17 heavy (non-hydrogen) atoms. The summed E-state index contributed by atoms with van der Waals surface area (Å²) in [6, 6.07) is 4.20. The standard InChI is InChI=1S/C14H21N3/c1-16(2)8-12-13-9-17(10-14(12)13)7-11-4-3-5-15-6-11/h3-6,12-14H,7-10H2,1-2H3/t12?,13-,14+. The van der Waals surface area contributed by atoms with Crippen molar-refractivity contribution in [3.63, 3.8) is 0 Å². The van der Waals surface area contributed by atoms with E-state index in [1.54, 1.807) is 0 Å². The van der Waals surface area contributed by atoms with Crippen molar-refractivity contribution in [3.8, 4) is 0 Å². The van der Waals surface area contributed by atoms with Gasteiger partial charge in [-0.2, -0.15) is 0 Å². The highest BCUT2D eigenvalue weighted by Crippen LogP contribution is 2.51. The van der Waals surface area contributed by atoms with Crippen molar-refractivity contribution in [1.82, 2.24) is 14.8 Å². The summed E-state index contributed by atoms with van der Waals surface area (Å²) >= 11 is 0. The number of piperidine rings is 1. The fraction of sp³-hybridized carbons (Fsp3) is 0.643. The summed E-state index contributed by atoms with van der Waals surface area (Å²) in [4.78, 5) is 9.09. The van der Waals surface area contributed by atoms with Crippen LogP contribution in [0.3, 0.4) is 0 Å². The second kappa shape index (κ2) is 4.39. The lowest BCUT2D eigenvalue weighted by molar-refractivity contribution is 0.257. The first kappa shape index (κ1) is 11.2. The molecule has 92 valence electrons. The molecule has 2 heterocycles. The van der Waals surface area contributed by atoms with Gasteiger partial charge in [0.1, 0.15) is 0 Å². The Morgan fingerprint density at radius 3 is 2.71 bits per heavy atom. The first-order chi connectivity index (χ1) is 8.24. The second-order valence-corrected chi connectivity index (χ2v) is 5.81. The van der Waals surface area contributed by atoms with Crippen LogP contribution in [0, 0.1) is 17.8 Å². The SMILES string of the molecule is CN(C)CC1[C@H]2CN(Cc3cccnc3)C[C@@H]12. The van der Waals surface area contributed by atoms with Crippen molar-refractivity contribution in [2.45, 2.75) is 6.54 Å². The second-order valence-electron chi connectivity index (χ2n) is 5.81. The summed E-state index contributed by atoms with van der Waals surface area (Å²) in [5.74, 6) is 2.90. The summed E-state index contributed by atoms with van der Waals surface area (Å²) in [5, 5.41) is 0. The topological polar surface area (TPSA) is 19.4 Å². The Bertz CT molecular complexity index is 364. The van der Waals surface area contributed by atoms with Crippen LogP contribution in [0.5, 0.6) is 0 Å². The van der Waals surface area contributed by atoms with Crippen molar-refractivity contribution >= 4 is 0 Å². The van der Waals surface area contributed by atoms with E-state index in [2.05, 4.69) is 34.9 Å². The summed E-state index contributed by atoms with van der Waals surface area (Å²) < 4.78 is 0. The van der Waals surface area contributed by atoms with Crippen LogP contribution in [-0.4, -0.2) is 48.5 Å². The smallest absolute Gasteiger partial charge is 0.0312 e. The number of nitrogens with zero attached hydrogens (tertiary/aromatic N) is 3. The van der Waals surface area contributed by atoms with Crippen molar-refractivity contribution in [3.05, 3.63) is 30.1 Å². The van der Waals surface area contributed by atoms with E-state index in [1.165, 1.54) is 25.2 Å². The average Bonchev–Trinajstić information content (AvgIpc) is 2.74. The molecule has 0 radical (unpaired) electrons. The maximum atomic E-state index is 4.18. The minimum Gasteiger partial charge on any atom is -0.309 e. The molecule has 1 aliphatic carbocycles. The van der Waals surface area contributed by atoms with E-state index in [0.29, 0.717) is 0 Å². The van der Waals surface area contributed by atoms with E-state index >= 15 is 0 Å². The average molecular weight is 231 g/mol. The normalized spacial score (nSPS) is 31.8. The molecule has 0 aromatic carbocycles. The van der Waals surface area contributed by atoms with Gasteiger partial charge in [-0.3, -0.25) is 9.88 Å². The molecule has 0 bridgehead atoms. The van der Waals surface area contributed by atoms with Crippen LogP contribution in [0.1, 0.15) is 5.56 Å². The van der Waals surface area contributed by atoms with Crippen molar-refractivity contribution in [1.29, 1.82) is 0 Å². The lowest BCUT2D eigenvalue weighted by Gasteiger charge is -2.20. The molecule has 3 nitrogen and oxygen atoms in total. The van der Waals surface area contributed by atoms with Gasteiger partial charge in [0.25, 0.3) is 0 Å². The molecule has 1 saturated carbocycles. The van der Waals surface area contributed by atoms with Crippen LogP contribution in [-0.2, 0) is 6.54 Å². The molecule has 1 aliphatic heterocycles. The van der Waals surface area contributed by atoms with Gasteiger partial charge in [0, 0.05) is 38.6 Å². The van der Waals surface area contributed by atoms with Gasteiger partial charge < -0.3 is 4.90 Å². The number of hydrogen-bond acceptors (Lipinski definition) is 3. The summed E-state index contributed by atoms with van der Waals surface area (Å²) in [5.41, 5.74) is 1.35. The summed E-state index contributed by atoms with van der Waals surface area (Å²) in [6.07, 6.45) is 3.83.